The molecule has 1 atom stereocenters. The third-order valence-electron chi connectivity index (χ3n) is 3.38. The summed E-state index contributed by atoms with van der Waals surface area (Å²) in [5, 5.41) is 2.69. The van der Waals surface area contributed by atoms with E-state index in [2.05, 4.69) is 19.2 Å². The summed E-state index contributed by atoms with van der Waals surface area (Å²) in [5.74, 6) is 0.112. The second-order valence-electron chi connectivity index (χ2n) is 5.98. The van der Waals surface area contributed by atoms with Crippen molar-refractivity contribution in [2.45, 2.75) is 52.5 Å². The zero-order valence-electron chi connectivity index (χ0n) is 13.8. The first-order chi connectivity index (χ1) is 10.5. The van der Waals surface area contributed by atoms with E-state index in [4.69, 9.17) is 4.74 Å². The third kappa shape index (κ3) is 7.81. The highest BCUT2D eigenvalue weighted by molar-refractivity contribution is 5.84. The number of esters is 1. The van der Waals surface area contributed by atoms with Crippen molar-refractivity contribution < 1.29 is 14.3 Å². The Kier molecular flexibility index (Phi) is 8.26. The minimum atomic E-state index is -0.595. The molecule has 1 rings (SSSR count). The molecule has 122 valence electrons. The molecule has 0 spiro atoms. The molecule has 0 saturated heterocycles. The maximum atomic E-state index is 11.8. The van der Waals surface area contributed by atoms with Crippen molar-refractivity contribution in [3.63, 3.8) is 0 Å². The topological polar surface area (TPSA) is 55.4 Å². The number of hydrogen-bond donors (Lipinski definition) is 1. The zero-order valence-corrected chi connectivity index (χ0v) is 13.8. The highest BCUT2D eigenvalue weighted by Gasteiger charge is 2.16. The van der Waals surface area contributed by atoms with Gasteiger partial charge in [-0.15, -0.1) is 0 Å². The predicted molar refractivity (Wildman–Crippen MR) is 87.4 cm³/mol. The van der Waals surface area contributed by atoms with Crippen LogP contribution >= 0.6 is 0 Å². The second kappa shape index (κ2) is 9.98. The first kappa shape index (κ1) is 18.2. The van der Waals surface area contributed by atoms with E-state index in [1.807, 2.05) is 30.3 Å². The van der Waals surface area contributed by atoms with E-state index < -0.39 is 6.04 Å². The van der Waals surface area contributed by atoms with Gasteiger partial charge in [0, 0.05) is 6.42 Å². The number of rotatable bonds is 9. The van der Waals surface area contributed by atoms with Gasteiger partial charge in [-0.3, -0.25) is 4.79 Å². The number of amides is 1. The summed E-state index contributed by atoms with van der Waals surface area (Å²) in [7, 11) is 0. The quantitative estimate of drug-likeness (QED) is 0.563. The molecule has 0 aliphatic heterocycles. The van der Waals surface area contributed by atoms with Crippen LogP contribution in [0.3, 0.4) is 0 Å². The average Bonchev–Trinajstić information content (AvgIpc) is 2.50. The fraction of sp³-hybridized carbons (Fsp3) is 0.556. The molecule has 0 bridgehead atoms. The van der Waals surface area contributed by atoms with E-state index in [0.29, 0.717) is 25.4 Å². The molecule has 4 heteroatoms. The van der Waals surface area contributed by atoms with Crippen LogP contribution in [0.25, 0.3) is 0 Å². The Morgan fingerprint density at radius 2 is 1.82 bits per heavy atom. The van der Waals surface area contributed by atoms with Crippen LogP contribution in [-0.4, -0.2) is 24.5 Å². The van der Waals surface area contributed by atoms with Crippen LogP contribution in [0.15, 0.2) is 30.3 Å². The SMILES string of the molecule is CC(C)CCCOC(=O)C(C)NC(=O)CCc1ccccc1. The minimum Gasteiger partial charge on any atom is -0.464 e. The monoisotopic (exact) mass is 305 g/mol. The summed E-state index contributed by atoms with van der Waals surface area (Å²) in [4.78, 5) is 23.6. The highest BCUT2D eigenvalue weighted by atomic mass is 16.5. The van der Waals surface area contributed by atoms with Gasteiger partial charge < -0.3 is 10.1 Å². The van der Waals surface area contributed by atoms with Crippen LogP contribution in [0.4, 0.5) is 0 Å². The van der Waals surface area contributed by atoms with Gasteiger partial charge in [0.15, 0.2) is 0 Å². The van der Waals surface area contributed by atoms with Gasteiger partial charge in [0.25, 0.3) is 0 Å². The number of hydrogen-bond acceptors (Lipinski definition) is 3. The molecular weight excluding hydrogens is 278 g/mol. The van der Waals surface area contributed by atoms with E-state index in [1.54, 1.807) is 6.92 Å². The summed E-state index contributed by atoms with van der Waals surface area (Å²) in [5.41, 5.74) is 1.11. The molecular formula is C18H27NO3. The molecule has 0 radical (unpaired) electrons. The molecule has 0 fully saturated rings. The molecule has 1 aromatic carbocycles. The zero-order chi connectivity index (χ0) is 16.4. The molecule has 0 aliphatic carbocycles. The lowest BCUT2D eigenvalue weighted by Crippen LogP contribution is -2.39. The summed E-state index contributed by atoms with van der Waals surface area (Å²) < 4.78 is 5.16. The smallest absolute Gasteiger partial charge is 0.328 e. The van der Waals surface area contributed by atoms with Crippen LogP contribution in [0, 0.1) is 5.92 Å². The Morgan fingerprint density at radius 3 is 2.45 bits per heavy atom. The van der Waals surface area contributed by atoms with Gasteiger partial charge in [0.05, 0.1) is 6.61 Å². The molecule has 1 amide bonds. The van der Waals surface area contributed by atoms with Crippen molar-refractivity contribution in [1.29, 1.82) is 0 Å². The van der Waals surface area contributed by atoms with Gasteiger partial charge >= 0.3 is 5.97 Å². The molecule has 1 N–H and O–H groups in total. The van der Waals surface area contributed by atoms with Crippen LogP contribution < -0.4 is 5.32 Å². The number of benzene rings is 1. The Bertz CT molecular complexity index is 457. The molecule has 0 saturated carbocycles. The van der Waals surface area contributed by atoms with Crippen molar-refractivity contribution in [2.24, 2.45) is 5.92 Å². The van der Waals surface area contributed by atoms with Crippen molar-refractivity contribution in [3.05, 3.63) is 35.9 Å². The van der Waals surface area contributed by atoms with Crippen LogP contribution in [0.1, 0.15) is 45.6 Å². The summed E-state index contributed by atoms with van der Waals surface area (Å²) in [6.45, 7) is 6.35. The van der Waals surface area contributed by atoms with E-state index in [-0.39, 0.29) is 11.9 Å². The fourth-order valence-corrected chi connectivity index (χ4v) is 2.06. The minimum absolute atomic E-state index is 0.129. The van der Waals surface area contributed by atoms with Gasteiger partial charge in [0.1, 0.15) is 6.04 Å². The van der Waals surface area contributed by atoms with Crippen molar-refractivity contribution in [1.82, 2.24) is 5.32 Å². The Labute approximate surface area is 133 Å². The van der Waals surface area contributed by atoms with E-state index >= 15 is 0 Å². The van der Waals surface area contributed by atoms with Gasteiger partial charge in [-0.2, -0.15) is 0 Å². The van der Waals surface area contributed by atoms with Crippen LogP contribution in [-0.2, 0) is 20.7 Å². The van der Waals surface area contributed by atoms with E-state index in [1.165, 1.54) is 0 Å². The van der Waals surface area contributed by atoms with E-state index in [9.17, 15) is 9.59 Å². The van der Waals surface area contributed by atoms with Gasteiger partial charge in [0.2, 0.25) is 5.91 Å². The summed E-state index contributed by atoms with van der Waals surface area (Å²) in [6.07, 6.45) is 2.93. The third-order valence-corrected chi connectivity index (χ3v) is 3.38. The number of aryl methyl sites for hydroxylation is 1. The van der Waals surface area contributed by atoms with Gasteiger partial charge in [-0.1, -0.05) is 44.2 Å². The average molecular weight is 305 g/mol. The molecule has 22 heavy (non-hydrogen) atoms. The van der Waals surface area contributed by atoms with Crippen LogP contribution in [0.2, 0.25) is 0 Å². The molecule has 1 aromatic rings. The maximum Gasteiger partial charge on any atom is 0.328 e. The standard InChI is InChI=1S/C18H27NO3/c1-14(2)8-7-13-22-18(21)15(3)19-17(20)12-11-16-9-5-4-6-10-16/h4-6,9-10,14-15H,7-8,11-13H2,1-3H3,(H,19,20). The number of carbonyl (C=O) groups is 2. The largest absolute Gasteiger partial charge is 0.464 e. The van der Waals surface area contributed by atoms with E-state index in [0.717, 1.165) is 18.4 Å². The number of ether oxygens (including phenoxy) is 1. The first-order valence-corrected chi connectivity index (χ1v) is 7.99. The second-order valence-corrected chi connectivity index (χ2v) is 5.98. The maximum absolute atomic E-state index is 11.8. The van der Waals surface area contributed by atoms with Crippen molar-refractivity contribution >= 4 is 11.9 Å². The lowest BCUT2D eigenvalue weighted by Gasteiger charge is -2.13. The molecule has 0 aromatic heterocycles. The van der Waals surface area contributed by atoms with Crippen molar-refractivity contribution in [2.75, 3.05) is 6.61 Å². The molecule has 0 heterocycles. The van der Waals surface area contributed by atoms with Gasteiger partial charge in [-0.25, -0.2) is 4.79 Å². The molecule has 1 unspecified atom stereocenters. The number of carbonyl (C=O) groups excluding carboxylic acids is 2. The molecule has 4 nitrogen and oxygen atoms in total. The Morgan fingerprint density at radius 1 is 1.14 bits per heavy atom. The first-order valence-electron chi connectivity index (χ1n) is 7.99. The van der Waals surface area contributed by atoms with Crippen LogP contribution in [0.5, 0.6) is 0 Å². The fourth-order valence-electron chi connectivity index (χ4n) is 2.06. The summed E-state index contributed by atoms with van der Waals surface area (Å²) >= 11 is 0. The number of nitrogens with one attached hydrogen (secondary N) is 1. The van der Waals surface area contributed by atoms with Gasteiger partial charge in [-0.05, 0) is 37.7 Å². The lowest BCUT2D eigenvalue weighted by atomic mass is 10.1. The Balaban J connectivity index is 2.21. The Hall–Kier alpha value is -1.84. The predicted octanol–water partition coefficient (Wildman–Crippen LogP) is 3.10. The normalized spacial score (nSPS) is 12.0. The lowest BCUT2D eigenvalue weighted by molar-refractivity contribution is -0.147. The highest BCUT2D eigenvalue weighted by Crippen LogP contribution is 2.04. The molecule has 0 aliphatic rings. The van der Waals surface area contributed by atoms with Crippen molar-refractivity contribution in [3.8, 4) is 0 Å². The summed E-state index contributed by atoms with van der Waals surface area (Å²) in [6, 6.07) is 9.22.